The van der Waals surface area contributed by atoms with Gasteiger partial charge in [-0.25, -0.2) is 4.98 Å². The number of allylic oxidation sites excluding steroid dienone is 2. The van der Waals surface area contributed by atoms with Crippen molar-refractivity contribution in [3.8, 4) is 11.5 Å². The Morgan fingerprint density at radius 1 is 0.816 bits per heavy atom. The zero-order chi connectivity index (χ0) is 25.6. The Hall–Kier alpha value is -4.64. The molecule has 38 heavy (non-hydrogen) atoms. The van der Waals surface area contributed by atoms with Crippen LogP contribution in [-0.2, 0) is 4.79 Å². The number of ketones is 1. The highest BCUT2D eigenvalue weighted by Gasteiger charge is 2.39. The van der Waals surface area contributed by atoms with Crippen LogP contribution in [0.1, 0.15) is 41.5 Å². The molecule has 4 aromatic carbocycles. The lowest BCUT2D eigenvalue weighted by Gasteiger charge is -2.36. The summed E-state index contributed by atoms with van der Waals surface area (Å²) in [6.07, 6.45) is 1.26. The van der Waals surface area contributed by atoms with Gasteiger partial charge in [-0.05, 0) is 66.8 Å². The highest BCUT2D eigenvalue weighted by molar-refractivity contribution is 6.01. The number of hydrogen-bond acceptors (Lipinski definition) is 4. The van der Waals surface area contributed by atoms with Crippen molar-refractivity contribution in [1.82, 2.24) is 9.55 Å². The van der Waals surface area contributed by atoms with Crippen molar-refractivity contribution in [3.05, 3.63) is 131 Å². The van der Waals surface area contributed by atoms with E-state index in [-0.39, 0.29) is 17.7 Å². The normalized spacial score (nSPS) is 18.6. The van der Waals surface area contributed by atoms with E-state index in [2.05, 4.69) is 53.2 Å². The third-order valence-electron chi connectivity index (χ3n) is 7.60. The molecule has 7 rings (SSSR count). The molecule has 1 aliphatic carbocycles. The minimum atomic E-state index is -0.292. The van der Waals surface area contributed by atoms with Crippen molar-refractivity contribution in [2.45, 2.75) is 31.7 Å². The van der Waals surface area contributed by atoms with Gasteiger partial charge in [0.05, 0.1) is 17.1 Å². The Morgan fingerprint density at radius 3 is 2.42 bits per heavy atom. The molecule has 0 amide bonds. The largest absolute Gasteiger partial charge is 0.457 e. The Kier molecular flexibility index (Phi) is 5.36. The summed E-state index contributed by atoms with van der Waals surface area (Å²) in [5.41, 5.74) is 7.10. The van der Waals surface area contributed by atoms with E-state index in [4.69, 9.17) is 9.72 Å². The molecule has 0 spiro atoms. The predicted octanol–water partition coefficient (Wildman–Crippen LogP) is 7.55. The summed E-state index contributed by atoms with van der Waals surface area (Å²) >= 11 is 0. The van der Waals surface area contributed by atoms with Gasteiger partial charge >= 0.3 is 0 Å². The second-order valence-electron chi connectivity index (χ2n) is 10.1. The second-order valence-corrected chi connectivity index (χ2v) is 10.1. The molecule has 1 N–H and O–H groups in total. The summed E-state index contributed by atoms with van der Waals surface area (Å²) < 4.78 is 8.34. The number of carbonyl (C=O) groups is 1. The third-order valence-corrected chi connectivity index (χ3v) is 7.60. The van der Waals surface area contributed by atoms with Crippen LogP contribution < -0.4 is 10.1 Å². The average molecular weight is 498 g/mol. The molecule has 0 saturated heterocycles. The molecule has 0 saturated carbocycles. The molecule has 5 aromatic rings. The molecule has 5 nitrogen and oxygen atoms in total. The first-order valence-corrected chi connectivity index (χ1v) is 13.0. The summed E-state index contributed by atoms with van der Waals surface area (Å²) in [4.78, 5) is 18.9. The van der Waals surface area contributed by atoms with E-state index in [0.29, 0.717) is 6.42 Å². The Labute approximate surface area is 221 Å². The van der Waals surface area contributed by atoms with Crippen LogP contribution in [0.4, 0.5) is 5.95 Å². The number of ether oxygens (including phenoxy) is 1. The summed E-state index contributed by atoms with van der Waals surface area (Å²) in [5, 5.41) is 3.56. The van der Waals surface area contributed by atoms with Gasteiger partial charge in [0.2, 0.25) is 5.95 Å². The van der Waals surface area contributed by atoms with Gasteiger partial charge in [-0.15, -0.1) is 0 Å². The van der Waals surface area contributed by atoms with Crippen LogP contribution in [0.25, 0.3) is 11.0 Å². The highest BCUT2D eigenvalue weighted by atomic mass is 16.5. The van der Waals surface area contributed by atoms with E-state index < -0.39 is 0 Å². The SMILES string of the molecule is Cc1ccc([C@@H]2CC(=O)C3=C(C2)Nc2nc4ccccc4n2[C@H]3c2cccc(Oc3ccccc3)c2)cc1. The van der Waals surface area contributed by atoms with Crippen LogP contribution in [0.2, 0.25) is 0 Å². The minimum Gasteiger partial charge on any atom is -0.457 e. The summed E-state index contributed by atoms with van der Waals surface area (Å²) in [6, 6.07) is 34.2. The molecular formula is C33H27N3O2. The standard InChI is InChI=1S/C33H27N3O2/c1-21-14-16-22(17-15-21)24-19-28-31(30(37)20-24)32(36-29-13-6-5-12-27(29)34-33(36)35-28)23-8-7-11-26(18-23)38-25-9-3-2-4-10-25/h2-18,24,32H,19-20H2,1H3,(H,34,35)/t24-,32-/m0/s1. The number of nitrogens with zero attached hydrogens (tertiary/aromatic N) is 2. The third kappa shape index (κ3) is 3.88. The zero-order valence-electron chi connectivity index (χ0n) is 21.1. The number of anilines is 1. The van der Waals surface area contributed by atoms with Gasteiger partial charge in [0.1, 0.15) is 11.5 Å². The van der Waals surface area contributed by atoms with Crippen LogP contribution in [0, 0.1) is 6.92 Å². The number of benzene rings is 4. The van der Waals surface area contributed by atoms with E-state index in [1.54, 1.807) is 0 Å². The van der Waals surface area contributed by atoms with Crippen LogP contribution in [0.15, 0.2) is 114 Å². The number of hydrogen-bond donors (Lipinski definition) is 1. The lowest BCUT2D eigenvalue weighted by Crippen LogP contribution is -2.33. The van der Waals surface area contributed by atoms with E-state index in [1.807, 2.05) is 66.7 Å². The molecule has 0 bridgehead atoms. The monoisotopic (exact) mass is 497 g/mol. The van der Waals surface area contributed by atoms with Gasteiger partial charge < -0.3 is 10.1 Å². The zero-order valence-corrected chi connectivity index (χ0v) is 21.1. The fraction of sp³-hybridized carbons (Fsp3) is 0.152. The Balaban J connectivity index is 1.35. The maximum atomic E-state index is 13.9. The molecule has 1 aromatic heterocycles. The number of Topliss-reactive ketones (excluding diaryl/α,β-unsaturated/α-hetero) is 1. The van der Waals surface area contributed by atoms with Gasteiger partial charge in [0.25, 0.3) is 0 Å². The first kappa shape index (κ1) is 22.5. The average Bonchev–Trinajstić information content (AvgIpc) is 3.31. The van der Waals surface area contributed by atoms with Gasteiger partial charge in [-0.3, -0.25) is 9.36 Å². The van der Waals surface area contributed by atoms with Crippen molar-refractivity contribution in [1.29, 1.82) is 0 Å². The van der Waals surface area contributed by atoms with Gasteiger partial charge in [-0.2, -0.15) is 0 Å². The molecule has 0 fully saturated rings. The van der Waals surface area contributed by atoms with Crippen molar-refractivity contribution in [3.63, 3.8) is 0 Å². The molecular weight excluding hydrogens is 470 g/mol. The molecule has 2 heterocycles. The number of nitrogens with one attached hydrogen (secondary N) is 1. The van der Waals surface area contributed by atoms with E-state index in [9.17, 15) is 4.79 Å². The van der Waals surface area contributed by atoms with Crippen LogP contribution >= 0.6 is 0 Å². The number of fused-ring (bicyclic) bond motifs is 3. The second kappa shape index (κ2) is 9.03. The number of para-hydroxylation sites is 3. The number of aryl methyl sites for hydroxylation is 1. The smallest absolute Gasteiger partial charge is 0.209 e. The van der Waals surface area contributed by atoms with Gasteiger partial charge in [0.15, 0.2) is 5.78 Å². The lowest BCUT2D eigenvalue weighted by atomic mass is 9.77. The number of imidazole rings is 1. The fourth-order valence-corrected chi connectivity index (χ4v) is 5.79. The first-order valence-electron chi connectivity index (χ1n) is 13.0. The van der Waals surface area contributed by atoms with Crippen molar-refractivity contribution in [2.75, 3.05) is 5.32 Å². The number of aromatic nitrogens is 2. The minimum absolute atomic E-state index is 0.138. The van der Waals surface area contributed by atoms with Crippen LogP contribution in [-0.4, -0.2) is 15.3 Å². The quantitative estimate of drug-likeness (QED) is 0.278. The van der Waals surface area contributed by atoms with Gasteiger partial charge in [-0.1, -0.05) is 72.3 Å². The molecule has 2 aliphatic rings. The van der Waals surface area contributed by atoms with E-state index >= 15 is 0 Å². The lowest BCUT2D eigenvalue weighted by molar-refractivity contribution is -0.116. The van der Waals surface area contributed by atoms with E-state index in [0.717, 1.165) is 51.7 Å². The van der Waals surface area contributed by atoms with Crippen molar-refractivity contribution in [2.24, 2.45) is 0 Å². The number of rotatable bonds is 4. The Bertz CT molecular complexity index is 1700. The topological polar surface area (TPSA) is 56.2 Å². The molecule has 5 heteroatoms. The van der Waals surface area contributed by atoms with E-state index in [1.165, 1.54) is 11.1 Å². The maximum Gasteiger partial charge on any atom is 0.209 e. The Morgan fingerprint density at radius 2 is 1.58 bits per heavy atom. The number of carbonyl (C=O) groups excluding carboxylic acids is 1. The molecule has 0 unspecified atom stereocenters. The summed E-state index contributed by atoms with van der Waals surface area (Å²) in [6.45, 7) is 2.09. The fourth-order valence-electron chi connectivity index (χ4n) is 5.79. The maximum absolute atomic E-state index is 13.9. The van der Waals surface area contributed by atoms with Crippen LogP contribution in [0.5, 0.6) is 11.5 Å². The molecule has 1 aliphatic heterocycles. The van der Waals surface area contributed by atoms with Crippen molar-refractivity contribution >= 4 is 22.8 Å². The first-order chi connectivity index (χ1) is 18.6. The predicted molar refractivity (Wildman–Crippen MR) is 150 cm³/mol. The van der Waals surface area contributed by atoms with Gasteiger partial charge in [0, 0.05) is 17.7 Å². The molecule has 186 valence electrons. The van der Waals surface area contributed by atoms with Crippen LogP contribution in [0.3, 0.4) is 0 Å². The molecule has 2 atom stereocenters. The highest BCUT2D eigenvalue weighted by Crippen LogP contribution is 2.46. The molecule has 0 radical (unpaired) electrons. The summed E-state index contributed by atoms with van der Waals surface area (Å²) in [5.74, 6) is 2.59. The summed E-state index contributed by atoms with van der Waals surface area (Å²) in [7, 11) is 0. The van der Waals surface area contributed by atoms with Crippen molar-refractivity contribution < 1.29 is 9.53 Å².